The Balaban J connectivity index is 0.00000341. The number of guanidine groups is 1. The number of halogens is 1. The van der Waals surface area contributed by atoms with Crippen LogP contribution in [0.2, 0.25) is 0 Å². The number of amides is 1. The molecule has 1 aromatic rings. The minimum Gasteiger partial charge on any atom is -0.379 e. The summed E-state index contributed by atoms with van der Waals surface area (Å²) in [5.41, 5.74) is 1.42. The van der Waals surface area contributed by atoms with Crippen molar-refractivity contribution in [2.24, 2.45) is 10.9 Å². The Morgan fingerprint density at radius 2 is 1.90 bits per heavy atom. The fourth-order valence-electron chi connectivity index (χ4n) is 4.24. The SMILES string of the molecule is CC1CN(C(=NCC(=O)N(C)C)NCCN2CCOCC2)CCC1c1ccccc1.I. The zero-order valence-corrected chi connectivity index (χ0v) is 21.5. The number of carbonyl (C=O) groups excluding carboxylic acids is 1. The number of rotatable bonds is 6. The lowest BCUT2D eigenvalue weighted by molar-refractivity contribution is -0.127. The van der Waals surface area contributed by atoms with Gasteiger partial charge in [-0.3, -0.25) is 9.69 Å². The molecule has 2 heterocycles. The Morgan fingerprint density at radius 1 is 1.19 bits per heavy atom. The monoisotopic (exact) mass is 543 g/mol. The summed E-state index contributed by atoms with van der Waals surface area (Å²) >= 11 is 0. The zero-order chi connectivity index (χ0) is 21.3. The number of nitrogens with zero attached hydrogens (tertiary/aromatic N) is 4. The van der Waals surface area contributed by atoms with E-state index in [2.05, 4.69) is 57.4 Å². The van der Waals surface area contributed by atoms with Gasteiger partial charge in [0.2, 0.25) is 5.91 Å². The molecule has 0 aromatic heterocycles. The highest BCUT2D eigenvalue weighted by atomic mass is 127. The molecule has 2 atom stereocenters. The summed E-state index contributed by atoms with van der Waals surface area (Å²) in [6, 6.07) is 10.8. The second kappa shape index (κ2) is 13.2. The van der Waals surface area contributed by atoms with Crippen LogP contribution in [0.5, 0.6) is 0 Å². The maximum absolute atomic E-state index is 12.1. The highest BCUT2D eigenvalue weighted by molar-refractivity contribution is 14.0. The number of aliphatic imine (C=N–C) groups is 1. The molecule has 2 aliphatic rings. The van der Waals surface area contributed by atoms with E-state index in [1.165, 1.54) is 5.56 Å². The van der Waals surface area contributed by atoms with Crippen LogP contribution in [-0.2, 0) is 9.53 Å². The number of hydrogen-bond acceptors (Lipinski definition) is 4. The number of morpholine rings is 1. The number of likely N-dealkylation sites (tertiary alicyclic amines) is 1. The van der Waals surface area contributed by atoms with Gasteiger partial charge in [0.05, 0.1) is 13.2 Å². The average molecular weight is 543 g/mol. The molecule has 0 aliphatic carbocycles. The summed E-state index contributed by atoms with van der Waals surface area (Å²) in [6.07, 6.45) is 1.09. The highest BCUT2D eigenvalue weighted by Crippen LogP contribution is 2.32. The van der Waals surface area contributed by atoms with Gasteiger partial charge in [0.1, 0.15) is 6.54 Å². The fourth-order valence-corrected chi connectivity index (χ4v) is 4.24. The molecular weight excluding hydrogens is 505 g/mol. The molecule has 2 aliphatic heterocycles. The Labute approximate surface area is 204 Å². The van der Waals surface area contributed by atoms with Crippen LogP contribution in [0.4, 0.5) is 0 Å². The van der Waals surface area contributed by atoms with Gasteiger partial charge in [0.25, 0.3) is 0 Å². The predicted octanol–water partition coefficient (Wildman–Crippen LogP) is 2.10. The van der Waals surface area contributed by atoms with E-state index in [4.69, 9.17) is 4.74 Å². The second-order valence-corrected chi connectivity index (χ2v) is 8.54. The Bertz CT molecular complexity index is 694. The Morgan fingerprint density at radius 3 is 2.55 bits per heavy atom. The molecule has 8 heteroatoms. The van der Waals surface area contributed by atoms with Crippen LogP contribution in [0, 0.1) is 5.92 Å². The lowest BCUT2D eigenvalue weighted by atomic mass is 9.82. The molecule has 2 saturated heterocycles. The van der Waals surface area contributed by atoms with Crippen molar-refractivity contribution >= 4 is 35.8 Å². The largest absolute Gasteiger partial charge is 0.379 e. The maximum Gasteiger partial charge on any atom is 0.243 e. The van der Waals surface area contributed by atoms with E-state index in [0.29, 0.717) is 11.8 Å². The lowest BCUT2D eigenvalue weighted by Crippen LogP contribution is -2.50. The van der Waals surface area contributed by atoms with Crippen molar-refractivity contribution in [2.45, 2.75) is 19.3 Å². The number of likely N-dealkylation sites (N-methyl/N-ethyl adjacent to an activating group) is 1. The van der Waals surface area contributed by atoms with Crippen molar-refractivity contribution in [2.75, 3.05) is 73.1 Å². The predicted molar refractivity (Wildman–Crippen MR) is 136 cm³/mol. The molecule has 0 saturated carbocycles. The van der Waals surface area contributed by atoms with Crippen LogP contribution in [0.1, 0.15) is 24.8 Å². The number of carbonyl (C=O) groups is 1. The summed E-state index contributed by atoms with van der Waals surface area (Å²) in [4.78, 5) is 23.1. The van der Waals surface area contributed by atoms with Gasteiger partial charge in [-0.15, -0.1) is 24.0 Å². The quantitative estimate of drug-likeness (QED) is 0.339. The molecule has 0 spiro atoms. The number of ether oxygens (including phenoxy) is 1. The number of nitrogens with one attached hydrogen (secondary N) is 1. The van der Waals surface area contributed by atoms with E-state index in [1.54, 1.807) is 19.0 Å². The van der Waals surface area contributed by atoms with Gasteiger partial charge in [0, 0.05) is 53.4 Å². The number of benzene rings is 1. The normalized spacial score (nSPS) is 22.5. The van der Waals surface area contributed by atoms with Crippen LogP contribution in [0.3, 0.4) is 0 Å². The van der Waals surface area contributed by atoms with Crippen LogP contribution >= 0.6 is 24.0 Å². The van der Waals surface area contributed by atoms with Crippen molar-refractivity contribution < 1.29 is 9.53 Å². The lowest BCUT2D eigenvalue weighted by Gasteiger charge is -2.39. The van der Waals surface area contributed by atoms with Gasteiger partial charge in [-0.2, -0.15) is 0 Å². The molecule has 1 amide bonds. The number of hydrogen-bond donors (Lipinski definition) is 1. The van der Waals surface area contributed by atoms with E-state index in [-0.39, 0.29) is 36.4 Å². The van der Waals surface area contributed by atoms with Crippen LogP contribution in [0.15, 0.2) is 35.3 Å². The minimum absolute atomic E-state index is 0. The molecule has 0 bridgehead atoms. The van der Waals surface area contributed by atoms with Crippen molar-refractivity contribution in [3.63, 3.8) is 0 Å². The van der Waals surface area contributed by atoms with Crippen LogP contribution in [0.25, 0.3) is 0 Å². The fraction of sp³-hybridized carbons (Fsp3) is 0.652. The molecule has 2 fully saturated rings. The van der Waals surface area contributed by atoms with Crippen molar-refractivity contribution in [1.29, 1.82) is 0 Å². The molecule has 2 unspecified atom stereocenters. The Kier molecular flexibility index (Phi) is 11.0. The number of piperidine rings is 1. The van der Waals surface area contributed by atoms with Gasteiger partial charge in [0.15, 0.2) is 5.96 Å². The summed E-state index contributed by atoms with van der Waals surface area (Å²) in [7, 11) is 3.55. The first-order valence-corrected chi connectivity index (χ1v) is 11.1. The minimum atomic E-state index is 0. The van der Waals surface area contributed by atoms with Gasteiger partial charge in [-0.1, -0.05) is 37.3 Å². The van der Waals surface area contributed by atoms with E-state index >= 15 is 0 Å². The van der Waals surface area contributed by atoms with Gasteiger partial charge >= 0.3 is 0 Å². The third-order valence-electron chi connectivity index (χ3n) is 6.11. The smallest absolute Gasteiger partial charge is 0.243 e. The molecule has 31 heavy (non-hydrogen) atoms. The topological polar surface area (TPSA) is 60.4 Å². The first kappa shape index (κ1) is 25.9. The van der Waals surface area contributed by atoms with Gasteiger partial charge in [-0.25, -0.2) is 4.99 Å². The summed E-state index contributed by atoms with van der Waals surface area (Å²) < 4.78 is 5.43. The highest BCUT2D eigenvalue weighted by Gasteiger charge is 2.29. The third-order valence-corrected chi connectivity index (χ3v) is 6.11. The molecule has 1 aromatic carbocycles. The van der Waals surface area contributed by atoms with Gasteiger partial charge < -0.3 is 19.9 Å². The van der Waals surface area contributed by atoms with Crippen LogP contribution < -0.4 is 5.32 Å². The molecule has 1 N–H and O–H groups in total. The van der Waals surface area contributed by atoms with Crippen molar-refractivity contribution in [3.8, 4) is 0 Å². The second-order valence-electron chi connectivity index (χ2n) is 8.54. The first-order chi connectivity index (χ1) is 14.5. The van der Waals surface area contributed by atoms with E-state index < -0.39 is 0 Å². The van der Waals surface area contributed by atoms with Gasteiger partial charge in [-0.05, 0) is 23.8 Å². The molecule has 7 nitrogen and oxygen atoms in total. The van der Waals surface area contributed by atoms with E-state index in [9.17, 15) is 4.79 Å². The van der Waals surface area contributed by atoms with Crippen LogP contribution in [-0.4, -0.2) is 99.7 Å². The molecule has 0 radical (unpaired) electrons. The van der Waals surface area contributed by atoms with Crippen molar-refractivity contribution in [1.82, 2.24) is 20.0 Å². The summed E-state index contributed by atoms with van der Waals surface area (Å²) in [5.74, 6) is 1.98. The maximum atomic E-state index is 12.1. The first-order valence-electron chi connectivity index (χ1n) is 11.1. The van der Waals surface area contributed by atoms with E-state index in [0.717, 1.165) is 64.9 Å². The summed E-state index contributed by atoms with van der Waals surface area (Å²) in [6.45, 7) is 9.75. The average Bonchev–Trinajstić information content (AvgIpc) is 2.77. The van der Waals surface area contributed by atoms with E-state index in [1.807, 2.05) is 0 Å². The molecular formula is C23H38IN5O2. The Hall–Kier alpha value is -1.39. The standard InChI is InChI=1S/C23H37N5O2.HI/c1-19-18-28(11-9-21(19)20-7-5-4-6-8-20)23(25-17-22(29)26(2)3)24-10-12-27-13-15-30-16-14-27;/h4-8,19,21H,9-18H2,1-3H3,(H,24,25);1H. The molecule has 174 valence electrons. The summed E-state index contributed by atoms with van der Waals surface area (Å²) in [5, 5.41) is 3.53. The third kappa shape index (κ3) is 7.91. The molecule has 3 rings (SSSR count). The van der Waals surface area contributed by atoms with Crippen molar-refractivity contribution in [3.05, 3.63) is 35.9 Å². The zero-order valence-electron chi connectivity index (χ0n) is 19.1.